The zero-order valence-electron chi connectivity index (χ0n) is 10.3. The van der Waals surface area contributed by atoms with Gasteiger partial charge in [0, 0.05) is 16.4 Å². The Bertz CT molecular complexity index is 315. The Balaban J connectivity index is 2.41. The Labute approximate surface area is 121 Å². The predicted octanol–water partition coefficient (Wildman–Crippen LogP) is 5.48. The summed E-state index contributed by atoms with van der Waals surface area (Å²) in [5, 5.41) is 0.837. The molecule has 0 amide bonds. The lowest BCUT2D eigenvalue weighted by atomic mass is 10.1. The molecule has 3 heteroatoms. The van der Waals surface area contributed by atoms with E-state index < -0.39 is 0 Å². The molecule has 0 aliphatic heterocycles. The summed E-state index contributed by atoms with van der Waals surface area (Å²) in [6.07, 6.45) is 5.14. The molecule has 1 aromatic carbocycles. The molecule has 0 heterocycles. The lowest BCUT2D eigenvalue weighted by Gasteiger charge is -2.17. The molecule has 0 radical (unpaired) electrons. The highest BCUT2D eigenvalue weighted by atomic mass is 79.9. The quantitative estimate of drug-likeness (QED) is 0.438. The summed E-state index contributed by atoms with van der Waals surface area (Å²) in [5.74, 6) is 0. The van der Waals surface area contributed by atoms with E-state index in [0.717, 1.165) is 22.8 Å². The average molecular weight is 364 g/mol. The van der Waals surface area contributed by atoms with Crippen LogP contribution in [0.1, 0.15) is 44.3 Å². The molecule has 0 bridgehead atoms. The van der Waals surface area contributed by atoms with Gasteiger partial charge in [-0.05, 0) is 18.1 Å². The molecule has 0 fully saturated rings. The lowest BCUT2D eigenvalue weighted by molar-refractivity contribution is 0.0664. The molecule has 1 unspecified atom stereocenters. The van der Waals surface area contributed by atoms with Crippen LogP contribution in [0.25, 0.3) is 0 Å². The minimum absolute atomic E-state index is 0.146. The molecular weight excluding hydrogens is 344 g/mol. The van der Waals surface area contributed by atoms with Crippen molar-refractivity contribution in [3.8, 4) is 0 Å². The van der Waals surface area contributed by atoms with Gasteiger partial charge in [-0.15, -0.1) is 0 Å². The highest BCUT2D eigenvalue weighted by Crippen LogP contribution is 2.27. The van der Waals surface area contributed by atoms with Gasteiger partial charge >= 0.3 is 0 Å². The van der Waals surface area contributed by atoms with Gasteiger partial charge in [0.15, 0.2) is 0 Å². The molecule has 1 atom stereocenters. The first-order valence-corrected chi connectivity index (χ1v) is 8.13. The van der Waals surface area contributed by atoms with E-state index in [4.69, 9.17) is 4.74 Å². The van der Waals surface area contributed by atoms with E-state index in [1.165, 1.54) is 24.8 Å². The van der Waals surface area contributed by atoms with Crippen LogP contribution >= 0.6 is 31.9 Å². The summed E-state index contributed by atoms with van der Waals surface area (Å²) in [7, 11) is 0. The van der Waals surface area contributed by atoms with E-state index in [0.29, 0.717) is 0 Å². The van der Waals surface area contributed by atoms with E-state index >= 15 is 0 Å². The molecule has 96 valence electrons. The maximum atomic E-state index is 5.93. The van der Waals surface area contributed by atoms with Crippen molar-refractivity contribution in [1.29, 1.82) is 0 Å². The van der Waals surface area contributed by atoms with E-state index in [9.17, 15) is 0 Å². The fraction of sp³-hybridized carbons (Fsp3) is 0.571. The van der Waals surface area contributed by atoms with Crippen molar-refractivity contribution in [3.05, 3.63) is 34.3 Å². The molecule has 0 aromatic heterocycles. The minimum atomic E-state index is 0.146. The second kappa shape index (κ2) is 9.12. The van der Waals surface area contributed by atoms with Gasteiger partial charge in [0.05, 0.1) is 6.10 Å². The van der Waals surface area contributed by atoms with Gasteiger partial charge in [-0.25, -0.2) is 0 Å². The molecule has 1 nitrogen and oxygen atoms in total. The number of rotatable bonds is 8. The molecule has 17 heavy (non-hydrogen) atoms. The van der Waals surface area contributed by atoms with E-state index in [1.54, 1.807) is 0 Å². The Hall–Kier alpha value is 0.140. The van der Waals surface area contributed by atoms with Crippen LogP contribution in [-0.4, -0.2) is 11.9 Å². The van der Waals surface area contributed by atoms with Crippen molar-refractivity contribution in [1.82, 2.24) is 0 Å². The fourth-order valence-electron chi connectivity index (χ4n) is 1.71. The Morgan fingerprint density at radius 2 is 1.94 bits per heavy atom. The van der Waals surface area contributed by atoms with Gasteiger partial charge in [-0.2, -0.15) is 0 Å². The summed E-state index contributed by atoms with van der Waals surface area (Å²) < 4.78 is 7.05. The fourth-order valence-corrected chi connectivity index (χ4v) is 2.78. The summed E-state index contributed by atoms with van der Waals surface area (Å²) in [6.45, 7) is 3.07. The molecule has 0 saturated heterocycles. The van der Waals surface area contributed by atoms with E-state index in [-0.39, 0.29) is 6.10 Å². The molecular formula is C14H20Br2O. The normalized spacial score (nSPS) is 12.6. The summed E-state index contributed by atoms with van der Waals surface area (Å²) in [5.41, 5.74) is 1.22. The van der Waals surface area contributed by atoms with Crippen LogP contribution in [0.4, 0.5) is 0 Å². The maximum absolute atomic E-state index is 5.93. The number of alkyl halides is 1. The van der Waals surface area contributed by atoms with Crippen molar-refractivity contribution in [3.63, 3.8) is 0 Å². The second-order valence-electron chi connectivity index (χ2n) is 4.10. The summed E-state index contributed by atoms with van der Waals surface area (Å²) in [4.78, 5) is 0. The smallest absolute Gasteiger partial charge is 0.0932 e. The van der Waals surface area contributed by atoms with Gasteiger partial charge < -0.3 is 4.74 Å². The van der Waals surface area contributed by atoms with Crippen LogP contribution in [0.15, 0.2) is 28.7 Å². The highest BCUT2D eigenvalue weighted by molar-refractivity contribution is 9.10. The van der Waals surface area contributed by atoms with Gasteiger partial charge in [0.25, 0.3) is 0 Å². The summed E-state index contributed by atoms with van der Waals surface area (Å²) in [6, 6.07) is 8.25. The molecule has 0 aliphatic rings. The van der Waals surface area contributed by atoms with Crippen LogP contribution in [0, 0.1) is 0 Å². The minimum Gasteiger partial charge on any atom is -0.373 e. The standard InChI is InChI=1S/C14H20Br2O/c1-2-3-4-7-10-17-14(11-15)12-8-5-6-9-13(12)16/h5-6,8-9,14H,2-4,7,10-11H2,1H3. The first-order chi connectivity index (χ1) is 8.29. The Kier molecular flexibility index (Phi) is 8.15. The number of benzene rings is 1. The Morgan fingerprint density at radius 1 is 1.18 bits per heavy atom. The second-order valence-corrected chi connectivity index (χ2v) is 5.60. The van der Waals surface area contributed by atoms with Crippen LogP contribution in [0.5, 0.6) is 0 Å². The SMILES string of the molecule is CCCCCCOC(CBr)c1ccccc1Br. The predicted molar refractivity (Wildman–Crippen MR) is 80.8 cm³/mol. The maximum Gasteiger partial charge on any atom is 0.0932 e. The number of hydrogen-bond donors (Lipinski definition) is 0. The van der Waals surface area contributed by atoms with Crippen LogP contribution < -0.4 is 0 Å². The van der Waals surface area contributed by atoms with Crippen molar-refractivity contribution < 1.29 is 4.74 Å². The van der Waals surface area contributed by atoms with Crippen LogP contribution in [0.2, 0.25) is 0 Å². The third-order valence-corrected chi connectivity index (χ3v) is 4.02. The topological polar surface area (TPSA) is 9.23 Å². The van der Waals surface area contributed by atoms with Gasteiger partial charge in [0.2, 0.25) is 0 Å². The highest BCUT2D eigenvalue weighted by Gasteiger charge is 2.12. The molecule has 0 saturated carbocycles. The zero-order valence-corrected chi connectivity index (χ0v) is 13.5. The number of unbranched alkanes of at least 4 members (excludes halogenated alkanes) is 3. The van der Waals surface area contributed by atoms with Crippen LogP contribution in [-0.2, 0) is 4.74 Å². The van der Waals surface area contributed by atoms with E-state index in [1.807, 2.05) is 6.07 Å². The van der Waals surface area contributed by atoms with Crippen molar-refractivity contribution in [2.45, 2.75) is 38.7 Å². The number of halogens is 2. The molecule has 0 N–H and O–H groups in total. The average Bonchev–Trinajstić information content (AvgIpc) is 2.35. The van der Waals surface area contributed by atoms with E-state index in [2.05, 4.69) is 57.0 Å². The van der Waals surface area contributed by atoms with Crippen molar-refractivity contribution >= 4 is 31.9 Å². The zero-order chi connectivity index (χ0) is 12.5. The van der Waals surface area contributed by atoms with Gasteiger partial charge in [0.1, 0.15) is 0 Å². The third-order valence-electron chi connectivity index (χ3n) is 2.71. The van der Waals surface area contributed by atoms with Crippen LogP contribution in [0.3, 0.4) is 0 Å². The van der Waals surface area contributed by atoms with Gasteiger partial charge in [-0.1, -0.05) is 76.2 Å². The lowest BCUT2D eigenvalue weighted by Crippen LogP contribution is -2.07. The largest absolute Gasteiger partial charge is 0.373 e. The molecule has 0 spiro atoms. The third kappa shape index (κ3) is 5.54. The van der Waals surface area contributed by atoms with Crippen molar-refractivity contribution in [2.75, 3.05) is 11.9 Å². The Morgan fingerprint density at radius 3 is 2.59 bits per heavy atom. The molecule has 0 aliphatic carbocycles. The number of ether oxygens (including phenoxy) is 1. The van der Waals surface area contributed by atoms with Gasteiger partial charge in [-0.3, -0.25) is 0 Å². The summed E-state index contributed by atoms with van der Waals surface area (Å²) >= 11 is 7.09. The molecule has 1 rings (SSSR count). The first kappa shape index (κ1) is 15.2. The molecule has 1 aromatic rings. The van der Waals surface area contributed by atoms with Crippen molar-refractivity contribution in [2.24, 2.45) is 0 Å². The number of hydrogen-bond acceptors (Lipinski definition) is 1. The monoisotopic (exact) mass is 362 g/mol. The first-order valence-electron chi connectivity index (χ1n) is 6.21.